The van der Waals surface area contributed by atoms with Crippen LogP contribution in [0.3, 0.4) is 0 Å². The zero-order chi connectivity index (χ0) is 8.81. The SMILES string of the molecule is OC[C@@H](O)CNCc1cccs1. The average molecular weight is 187 g/mol. The minimum atomic E-state index is -0.648. The van der Waals surface area contributed by atoms with Gasteiger partial charge in [0.1, 0.15) is 0 Å². The van der Waals surface area contributed by atoms with Gasteiger partial charge in [-0.3, -0.25) is 0 Å². The van der Waals surface area contributed by atoms with Crippen molar-refractivity contribution in [2.75, 3.05) is 13.2 Å². The van der Waals surface area contributed by atoms with Gasteiger partial charge in [-0.05, 0) is 11.4 Å². The van der Waals surface area contributed by atoms with E-state index in [-0.39, 0.29) is 6.61 Å². The maximum atomic E-state index is 8.98. The first-order valence-corrected chi connectivity index (χ1v) is 4.73. The van der Waals surface area contributed by atoms with E-state index in [9.17, 15) is 0 Å². The van der Waals surface area contributed by atoms with Gasteiger partial charge >= 0.3 is 0 Å². The molecule has 0 unspecified atom stereocenters. The quantitative estimate of drug-likeness (QED) is 0.617. The molecule has 68 valence electrons. The fraction of sp³-hybridized carbons (Fsp3) is 0.500. The predicted octanol–water partition coefficient (Wildman–Crippen LogP) is 0.191. The first-order valence-electron chi connectivity index (χ1n) is 3.85. The molecule has 1 rings (SSSR count). The van der Waals surface area contributed by atoms with Gasteiger partial charge in [0.2, 0.25) is 0 Å². The van der Waals surface area contributed by atoms with E-state index in [1.807, 2.05) is 17.5 Å². The summed E-state index contributed by atoms with van der Waals surface area (Å²) in [5.41, 5.74) is 0. The molecule has 0 aliphatic rings. The summed E-state index contributed by atoms with van der Waals surface area (Å²) in [6.45, 7) is 1.01. The van der Waals surface area contributed by atoms with E-state index >= 15 is 0 Å². The molecule has 1 atom stereocenters. The van der Waals surface area contributed by atoms with E-state index in [1.165, 1.54) is 4.88 Å². The predicted molar refractivity (Wildman–Crippen MR) is 49.1 cm³/mol. The summed E-state index contributed by atoms with van der Waals surface area (Å²) < 4.78 is 0. The van der Waals surface area contributed by atoms with Crippen molar-refractivity contribution in [3.05, 3.63) is 22.4 Å². The van der Waals surface area contributed by atoms with Crippen LogP contribution in [0.1, 0.15) is 4.88 Å². The highest BCUT2D eigenvalue weighted by atomic mass is 32.1. The third-order valence-electron chi connectivity index (χ3n) is 1.47. The molecule has 0 aromatic carbocycles. The molecule has 0 spiro atoms. The normalized spacial score (nSPS) is 13.2. The molecular formula is C8H13NO2S. The molecule has 0 saturated carbocycles. The zero-order valence-electron chi connectivity index (χ0n) is 6.73. The van der Waals surface area contributed by atoms with E-state index < -0.39 is 6.10 Å². The molecule has 0 aliphatic heterocycles. The van der Waals surface area contributed by atoms with Crippen molar-refractivity contribution in [1.29, 1.82) is 0 Å². The van der Waals surface area contributed by atoms with Crippen molar-refractivity contribution in [2.24, 2.45) is 0 Å². The number of aliphatic hydroxyl groups is 2. The van der Waals surface area contributed by atoms with Gasteiger partial charge < -0.3 is 15.5 Å². The largest absolute Gasteiger partial charge is 0.394 e. The molecule has 0 amide bonds. The first-order chi connectivity index (χ1) is 5.83. The summed E-state index contributed by atoms with van der Waals surface area (Å²) in [5.74, 6) is 0. The standard InChI is InChI=1S/C8H13NO2S/c10-6-7(11)4-9-5-8-2-1-3-12-8/h1-3,7,9-11H,4-6H2/t7-/m0/s1. The van der Waals surface area contributed by atoms with Gasteiger partial charge in [-0.1, -0.05) is 6.07 Å². The monoisotopic (exact) mass is 187 g/mol. The molecule has 0 saturated heterocycles. The second-order valence-electron chi connectivity index (χ2n) is 2.55. The van der Waals surface area contributed by atoms with E-state index in [4.69, 9.17) is 10.2 Å². The van der Waals surface area contributed by atoms with Crippen molar-refractivity contribution < 1.29 is 10.2 Å². The highest BCUT2D eigenvalue weighted by Gasteiger charge is 2.00. The van der Waals surface area contributed by atoms with Crippen molar-refractivity contribution in [3.63, 3.8) is 0 Å². The fourth-order valence-electron chi connectivity index (χ4n) is 0.840. The van der Waals surface area contributed by atoms with E-state index in [0.717, 1.165) is 6.54 Å². The van der Waals surface area contributed by atoms with Crippen LogP contribution >= 0.6 is 11.3 Å². The number of thiophene rings is 1. The summed E-state index contributed by atoms with van der Waals surface area (Å²) >= 11 is 1.68. The minimum absolute atomic E-state index is 0.183. The van der Waals surface area contributed by atoms with Crippen molar-refractivity contribution in [1.82, 2.24) is 5.32 Å². The fourth-order valence-corrected chi connectivity index (χ4v) is 1.51. The van der Waals surface area contributed by atoms with Crippen molar-refractivity contribution in [2.45, 2.75) is 12.6 Å². The zero-order valence-corrected chi connectivity index (χ0v) is 7.55. The summed E-state index contributed by atoms with van der Waals surface area (Å²) in [5, 5.41) is 22.5. The maximum Gasteiger partial charge on any atom is 0.0895 e. The summed E-state index contributed by atoms with van der Waals surface area (Å²) in [7, 11) is 0. The van der Waals surface area contributed by atoms with Crippen LogP contribution in [0.15, 0.2) is 17.5 Å². The van der Waals surface area contributed by atoms with Gasteiger partial charge in [-0.25, -0.2) is 0 Å². The Morgan fingerprint density at radius 3 is 3.00 bits per heavy atom. The third kappa shape index (κ3) is 3.32. The summed E-state index contributed by atoms with van der Waals surface area (Å²) in [6.07, 6.45) is -0.648. The van der Waals surface area contributed by atoms with E-state index in [2.05, 4.69) is 5.32 Å². The Morgan fingerprint density at radius 2 is 2.42 bits per heavy atom. The number of nitrogens with one attached hydrogen (secondary N) is 1. The molecule has 3 N–H and O–H groups in total. The molecule has 3 nitrogen and oxygen atoms in total. The smallest absolute Gasteiger partial charge is 0.0895 e. The highest BCUT2D eigenvalue weighted by Crippen LogP contribution is 2.06. The Kier molecular flexibility index (Phi) is 4.24. The van der Waals surface area contributed by atoms with Gasteiger partial charge in [-0.2, -0.15) is 0 Å². The molecule has 12 heavy (non-hydrogen) atoms. The molecule has 0 fully saturated rings. The summed E-state index contributed by atoms with van der Waals surface area (Å²) in [4.78, 5) is 1.24. The number of rotatable bonds is 5. The van der Waals surface area contributed by atoms with Crippen LogP contribution in [0.5, 0.6) is 0 Å². The van der Waals surface area contributed by atoms with Crippen LogP contribution in [0.4, 0.5) is 0 Å². The lowest BCUT2D eigenvalue weighted by Gasteiger charge is -2.07. The van der Waals surface area contributed by atoms with E-state index in [0.29, 0.717) is 6.54 Å². The Morgan fingerprint density at radius 1 is 1.58 bits per heavy atom. The van der Waals surface area contributed by atoms with Crippen LogP contribution in [-0.2, 0) is 6.54 Å². The maximum absolute atomic E-state index is 8.98. The van der Waals surface area contributed by atoms with Crippen LogP contribution in [0, 0.1) is 0 Å². The minimum Gasteiger partial charge on any atom is -0.394 e. The third-order valence-corrected chi connectivity index (χ3v) is 2.35. The Bertz CT molecular complexity index is 201. The van der Waals surface area contributed by atoms with Gasteiger partial charge in [0.15, 0.2) is 0 Å². The Hall–Kier alpha value is -0.420. The lowest BCUT2D eigenvalue weighted by molar-refractivity contribution is 0.0943. The van der Waals surface area contributed by atoms with Crippen molar-refractivity contribution >= 4 is 11.3 Å². The molecule has 0 aliphatic carbocycles. The number of hydrogen-bond acceptors (Lipinski definition) is 4. The van der Waals surface area contributed by atoms with Gasteiger partial charge in [-0.15, -0.1) is 11.3 Å². The molecule has 1 heterocycles. The Labute approximate surface area is 75.7 Å². The topological polar surface area (TPSA) is 52.5 Å². The van der Waals surface area contributed by atoms with Crippen molar-refractivity contribution in [3.8, 4) is 0 Å². The number of hydrogen-bond donors (Lipinski definition) is 3. The van der Waals surface area contributed by atoms with Gasteiger partial charge in [0.05, 0.1) is 12.7 Å². The summed E-state index contributed by atoms with van der Waals surface area (Å²) in [6, 6.07) is 4.02. The molecule has 1 aromatic heterocycles. The van der Waals surface area contributed by atoms with Gasteiger partial charge in [0, 0.05) is 18.0 Å². The van der Waals surface area contributed by atoms with E-state index in [1.54, 1.807) is 11.3 Å². The number of aliphatic hydroxyl groups excluding tert-OH is 2. The highest BCUT2D eigenvalue weighted by molar-refractivity contribution is 7.09. The second kappa shape index (κ2) is 5.27. The van der Waals surface area contributed by atoms with Crippen LogP contribution in [0.2, 0.25) is 0 Å². The molecule has 0 radical (unpaired) electrons. The van der Waals surface area contributed by atoms with Gasteiger partial charge in [0.25, 0.3) is 0 Å². The van der Waals surface area contributed by atoms with Crippen LogP contribution in [-0.4, -0.2) is 29.5 Å². The first kappa shape index (κ1) is 9.67. The Balaban J connectivity index is 2.11. The lowest BCUT2D eigenvalue weighted by Crippen LogP contribution is -2.28. The molecule has 0 bridgehead atoms. The van der Waals surface area contributed by atoms with Crippen LogP contribution < -0.4 is 5.32 Å². The second-order valence-corrected chi connectivity index (χ2v) is 3.58. The molecule has 1 aromatic rings. The average Bonchev–Trinajstić information content (AvgIpc) is 2.57. The molecular weight excluding hydrogens is 174 g/mol. The van der Waals surface area contributed by atoms with Crippen LogP contribution in [0.25, 0.3) is 0 Å². The lowest BCUT2D eigenvalue weighted by atomic mass is 10.3. The molecule has 4 heteroatoms.